The summed E-state index contributed by atoms with van der Waals surface area (Å²) in [5.74, 6) is 0. The zero-order valence-corrected chi connectivity index (χ0v) is 5.73. The fourth-order valence-corrected chi connectivity index (χ4v) is 0.703. The van der Waals surface area contributed by atoms with E-state index in [4.69, 9.17) is 14.9 Å². The summed E-state index contributed by atoms with van der Waals surface area (Å²) in [6.07, 6.45) is 0. The molecular weight excluding hydrogens is 151 g/mol. The minimum atomic E-state index is -3.51. The molecule has 4 nitrogen and oxygen atoms in total. The van der Waals surface area contributed by atoms with Gasteiger partial charge < -0.3 is 19.4 Å². The van der Waals surface area contributed by atoms with Gasteiger partial charge in [-0.15, -0.1) is 0 Å². The first-order valence-corrected chi connectivity index (χ1v) is 4.50. The third-order valence-corrected chi connectivity index (χ3v) is 1.19. The maximum Gasteiger partial charge on any atom is 0.321 e. The molecule has 0 aromatic heterocycles. The highest BCUT2D eigenvalue weighted by molar-refractivity contribution is 8.06. The van der Waals surface area contributed by atoms with Crippen molar-refractivity contribution in [3.8, 4) is 0 Å². The fraction of sp³-hybridized carbons (Fsp3) is 1.00. The lowest BCUT2D eigenvalue weighted by atomic mass is 10.8. The normalized spacial score (nSPS) is 11.9. The highest BCUT2D eigenvalue weighted by Gasteiger charge is 2.04. The Kier molecular flexibility index (Phi) is 3.72. The Labute approximate surface area is 52.0 Å². The third-order valence-electron chi connectivity index (χ3n) is 0.351. The van der Waals surface area contributed by atoms with Gasteiger partial charge in [0.15, 0.2) is 0 Å². The van der Waals surface area contributed by atoms with Crippen molar-refractivity contribution in [3.63, 3.8) is 0 Å². The molecule has 0 aliphatic rings. The van der Waals surface area contributed by atoms with Crippen LogP contribution in [0.25, 0.3) is 0 Å². The molecule has 8 heavy (non-hydrogen) atoms. The molecule has 0 bridgehead atoms. The van der Waals surface area contributed by atoms with Crippen molar-refractivity contribution in [2.24, 2.45) is 0 Å². The average Bonchev–Trinajstić information content (AvgIpc) is 1.59. The van der Waals surface area contributed by atoms with Crippen molar-refractivity contribution < 1.29 is 19.4 Å². The van der Waals surface area contributed by atoms with Gasteiger partial charge in [0.1, 0.15) is 0 Å². The quantitative estimate of drug-likeness (QED) is 0.469. The average molecular weight is 158 g/mol. The van der Waals surface area contributed by atoms with Gasteiger partial charge in [0, 0.05) is 0 Å². The van der Waals surface area contributed by atoms with E-state index in [1.54, 1.807) is 0 Å². The lowest BCUT2D eigenvalue weighted by molar-refractivity contribution is 0.179. The molecule has 6 heteroatoms. The Morgan fingerprint density at radius 2 is 2.00 bits per heavy atom. The highest BCUT2D eigenvalue weighted by atomic mass is 32.5. The summed E-state index contributed by atoms with van der Waals surface area (Å²) >= 11 is 4.04. The van der Waals surface area contributed by atoms with Crippen molar-refractivity contribution in [1.82, 2.24) is 0 Å². The molecule has 0 spiro atoms. The van der Waals surface area contributed by atoms with Gasteiger partial charge in [-0.25, -0.2) is 0 Å². The molecule has 3 N–H and O–H groups in total. The number of aliphatic hydroxyl groups is 1. The van der Waals surface area contributed by atoms with E-state index in [1.165, 1.54) is 0 Å². The van der Waals surface area contributed by atoms with Crippen LogP contribution >= 0.6 is 6.72 Å². The lowest BCUT2D eigenvalue weighted by Crippen LogP contribution is -1.95. The van der Waals surface area contributed by atoms with E-state index in [1.807, 2.05) is 0 Å². The monoisotopic (exact) mass is 158 g/mol. The lowest BCUT2D eigenvalue weighted by Gasteiger charge is -2.04. The minimum absolute atomic E-state index is 0.121. The molecular formula is C2H7O4PS. The van der Waals surface area contributed by atoms with Crippen LogP contribution in [0.3, 0.4) is 0 Å². The van der Waals surface area contributed by atoms with Gasteiger partial charge in [-0.2, -0.15) is 0 Å². The molecule has 0 aliphatic carbocycles. The van der Waals surface area contributed by atoms with Crippen molar-refractivity contribution >= 4 is 18.5 Å². The second kappa shape index (κ2) is 3.50. The molecule has 0 aromatic carbocycles. The first-order valence-electron chi connectivity index (χ1n) is 1.87. The zero-order chi connectivity index (χ0) is 6.62. The number of hydrogen-bond acceptors (Lipinski definition) is 3. The molecule has 0 radical (unpaired) electrons. The van der Waals surface area contributed by atoms with Gasteiger partial charge in [0.25, 0.3) is 0 Å². The Bertz CT molecular complexity index is 98.2. The van der Waals surface area contributed by atoms with Gasteiger partial charge in [-0.05, 0) is 11.8 Å². The summed E-state index contributed by atoms with van der Waals surface area (Å²) < 4.78 is 4.17. The van der Waals surface area contributed by atoms with E-state index in [0.717, 1.165) is 0 Å². The van der Waals surface area contributed by atoms with Crippen LogP contribution in [0.4, 0.5) is 0 Å². The Morgan fingerprint density at radius 3 is 2.12 bits per heavy atom. The maximum absolute atomic E-state index is 8.30. The largest absolute Gasteiger partial charge is 0.394 e. The molecule has 0 unspecified atom stereocenters. The van der Waals surface area contributed by atoms with E-state index in [-0.39, 0.29) is 13.2 Å². The van der Waals surface area contributed by atoms with E-state index in [2.05, 4.69) is 16.3 Å². The predicted molar refractivity (Wildman–Crippen MR) is 31.8 cm³/mol. The second-order valence-electron chi connectivity index (χ2n) is 1.05. The Morgan fingerprint density at radius 1 is 1.50 bits per heavy atom. The Balaban J connectivity index is 3.26. The summed E-state index contributed by atoms with van der Waals surface area (Å²) in [7, 11) is 0. The molecule has 0 amide bonds. The van der Waals surface area contributed by atoms with Crippen LogP contribution in [-0.2, 0) is 16.3 Å². The summed E-state index contributed by atoms with van der Waals surface area (Å²) in [6.45, 7) is -3.88. The standard InChI is InChI=1S/C2H7O4PS/c3-1-2-6-7(4,5)8/h3H,1-2H2,(H2,4,5,8). The van der Waals surface area contributed by atoms with E-state index < -0.39 is 6.72 Å². The van der Waals surface area contributed by atoms with Crippen molar-refractivity contribution in [3.05, 3.63) is 0 Å². The molecule has 0 fully saturated rings. The smallest absolute Gasteiger partial charge is 0.321 e. The van der Waals surface area contributed by atoms with Gasteiger partial charge >= 0.3 is 6.72 Å². The highest BCUT2D eigenvalue weighted by Crippen LogP contribution is 2.35. The van der Waals surface area contributed by atoms with Gasteiger partial charge in [0.05, 0.1) is 13.2 Å². The van der Waals surface area contributed by atoms with Crippen LogP contribution in [-0.4, -0.2) is 28.1 Å². The number of hydrogen-bond donors (Lipinski definition) is 3. The van der Waals surface area contributed by atoms with Crippen molar-refractivity contribution in [2.75, 3.05) is 13.2 Å². The minimum Gasteiger partial charge on any atom is -0.394 e. The van der Waals surface area contributed by atoms with Crippen LogP contribution in [0.5, 0.6) is 0 Å². The molecule has 50 valence electrons. The van der Waals surface area contributed by atoms with Crippen molar-refractivity contribution in [1.29, 1.82) is 0 Å². The van der Waals surface area contributed by atoms with Crippen LogP contribution in [0.1, 0.15) is 0 Å². The molecule has 0 atom stereocenters. The SMILES string of the molecule is OCCOP(O)(O)=S. The van der Waals surface area contributed by atoms with Crippen molar-refractivity contribution in [2.45, 2.75) is 0 Å². The van der Waals surface area contributed by atoms with Crippen LogP contribution in [0.15, 0.2) is 0 Å². The molecule has 0 aromatic rings. The van der Waals surface area contributed by atoms with E-state index in [9.17, 15) is 0 Å². The zero-order valence-electron chi connectivity index (χ0n) is 4.02. The molecule has 0 aliphatic heterocycles. The molecule has 0 saturated carbocycles. The van der Waals surface area contributed by atoms with Crippen LogP contribution < -0.4 is 0 Å². The van der Waals surface area contributed by atoms with Gasteiger partial charge in [-0.3, -0.25) is 0 Å². The Hall–Kier alpha value is 0.490. The summed E-state index contributed by atoms with van der Waals surface area (Å²) in [6, 6.07) is 0. The first-order chi connectivity index (χ1) is 3.56. The summed E-state index contributed by atoms with van der Waals surface area (Å²) in [5.41, 5.74) is 0. The van der Waals surface area contributed by atoms with Crippen LogP contribution in [0, 0.1) is 0 Å². The fourth-order valence-electron chi connectivity index (χ4n) is 0.160. The topological polar surface area (TPSA) is 69.9 Å². The maximum atomic E-state index is 8.30. The van der Waals surface area contributed by atoms with E-state index in [0.29, 0.717) is 0 Å². The molecule has 0 saturated heterocycles. The first kappa shape index (κ1) is 8.49. The van der Waals surface area contributed by atoms with Gasteiger partial charge in [-0.1, -0.05) is 0 Å². The van der Waals surface area contributed by atoms with E-state index >= 15 is 0 Å². The summed E-state index contributed by atoms with van der Waals surface area (Å²) in [4.78, 5) is 16.6. The van der Waals surface area contributed by atoms with Crippen LogP contribution in [0.2, 0.25) is 0 Å². The molecule has 0 heterocycles. The third kappa shape index (κ3) is 6.49. The molecule has 0 rings (SSSR count). The number of aliphatic hydroxyl groups excluding tert-OH is 1. The summed E-state index contributed by atoms with van der Waals surface area (Å²) in [5, 5.41) is 8.05. The second-order valence-corrected chi connectivity index (χ2v) is 3.71. The van der Waals surface area contributed by atoms with Gasteiger partial charge in [0.2, 0.25) is 0 Å². The number of rotatable bonds is 3. The predicted octanol–water partition coefficient (Wildman–Crippen LogP) is -0.796.